The van der Waals surface area contributed by atoms with E-state index in [1.165, 1.54) is 17.4 Å². The molecule has 0 aliphatic heterocycles. The number of isocyanates is 2. The maximum atomic E-state index is 11.4. The molecule has 0 saturated heterocycles. The summed E-state index contributed by atoms with van der Waals surface area (Å²) in [4.78, 5) is 30.8. The molecule has 3 aromatic carbocycles. The summed E-state index contributed by atoms with van der Waals surface area (Å²) in [6, 6.07) is 22.6. The molecule has 4 rings (SSSR count). The first-order valence-corrected chi connectivity index (χ1v) is 12.8. The largest absolute Gasteiger partial charge is 0.308 e. The summed E-state index contributed by atoms with van der Waals surface area (Å²) in [6.45, 7) is 6.05. The summed E-state index contributed by atoms with van der Waals surface area (Å²) in [6.07, 6.45) is 7.50. The van der Waals surface area contributed by atoms with Crippen LogP contribution in [0.4, 0.5) is 5.69 Å². The monoisotopic (exact) mass is 501 g/mol. The van der Waals surface area contributed by atoms with E-state index in [1.807, 2.05) is 50.2 Å². The first kappa shape index (κ1) is 26.6. The quantitative estimate of drug-likeness (QED) is 0.242. The van der Waals surface area contributed by atoms with Gasteiger partial charge in [-0.1, -0.05) is 79.2 Å². The third-order valence-electron chi connectivity index (χ3n) is 7.33. The van der Waals surface area contributed by atoms with Gasteiger partial charge in [-0.3, -0.25) is 0 Å². The average Bonchev–Trinajstić information content (AvgIpc) is 2.93. The summed E-state index contributed by atoms with van der Waals surface area (Å²) in [5, 5.41) is 8.31. The van der Waals surface area contributed by atoms with Gasteiger partial charge in [-0.2, -0.15) is 9.98 Å². The number of benzene rings is 3. The van der Waals surface area contributed by atoms with Crippen molar-refractivity contribution in [3.05, 3.63) is 123 Å². The van der Waals surface area contributed by atoms with Crippen molar-refractivity contribution in [1.29, 1.82) is 5.41 Å². The zero-order valence-corrected chi connectivity index (χ0v) is 22.0. The van der Waals surface area contributed by atoms with Gasteiger partial charge in [0.05, 0.1) is 11.4 Å². The highest BCUT2D eigenvalue weighted by Gasteiger charge is 2.31. The molecule has 0 radical (unpaired) electrons. The summed E-state index contributed by atoms with van der Waals surface area (Å²) in [5.41, 5.74) is 10.4. The van der Waals surface area contributed by atoms with Gasteiger partial charge in [0.2, 0.25) is 12.2 Å². The molecule has 38 heavy (non-hydrogen) atoms. The summed E-state index contributed by atoms with van der Waals surface area (Å²) >= 11 is 0. The number of aryl methyl sites for hydroxylation is 1. The molecule has 0 amide bonds. The third kappa shape index (κ3) is 5.45. The topological polar surface area (TPSA) is 82.7 Å². The van der Waals surface area contributed by atoms with E-state index in [0.717, 1.165) is 51.9 Å². The molecule has 1 atom stereocenters. The number of nitrogens with zero attached hydrogens (tertiary/aromatic N) is 2. The fourth-order valence-corrected chi connectivity index (χ4v) is 5.65. The first-order valence-electron chi connectivity index (χ1n) is 12.8. The van der Waals surface area contributed by atoms with Crippen LogP contribution >= 0.6 is 0 Å². The molecule has 1 aliphatic carbocycles. The zero-order chi connectivity index (χ0) is 27.1. The van der Waals surface area contributed by atoms with Gasteiger partial charge in [-0.15, -0.1) is 0 Å². The normalized spacial score (nSPS) is 15.1. The van der Waals surface area contributed by atoms with Crippen LogP contribution in [0.3, 0.4) is 0 Å². The van der Waals surface area contributed by atoms with Crippen LogP contribution in [0.1, 0.15) is 66.0 Å². The van der Waals surface area contributed by atoms with Gasteiger partial charge in [0.1, 0.15) is 0 Å². The maximum absolute atomic E-state index is 11.4. The molecule has 1 N–H and O–H groups in total. The van der Waals surface area contributed by atoms with Crippen molar-refractivity contribution in [3.63, 3.8) is 0 Å². The third-order valence-corrected chi connectivity index (χ3v) is 7.33. The zero-order valence-electron chi connectivity index (χ0n) is 22.0. The van der Waals surface area contributed by atoms with Gasteiger partial charge in [0.15, 0.2) is 0 Å². The van der Waals surface area contributed by atoms with Crippen LogP contribution in [-0.4, -0.2) is 18.4 Å². The lowest BCUT2D eigenvalue weighted by atomic mass is 9.72. The second-order valence-electron chi connectivity index (χ2n) is 9.64. The second kappa shape index (κ2) is 12.2. The van der Waals surface area contributed by atoms with E-state index in [0.29, 0.717) is 24.1 Å². The highest BCUT2D eigenvalue weighted by Crippen LogP contribution is 2.46. The summed E-state index contributed by atoms with van der Waals surface area (Å²) in [7, 11) is 0. The number of rotatable bonds is 9. The van der Waals surface area contributed by atoms with Crippen LogP contribution in [0.2, 0.25) is 0 Å². The van der Waals surface area contributed by atoms with Crippen LogP contribution in [0.25, 0.3) is 0 Å². The lowest BCUT2D eigenvalue weighted by Gasteiger charge is -2.33. The van der Waals surface area contributed by atoms with Crippen LogP contribution in [0, 0.1) is 12.3 Å². The minimum atomic E-state index is 0.0149. The Labute approximate surface area is 223 Å². The Bertz CT molecular complexity index is 1500. The highest BCUT2D eigenvalue weighted by molar-refractivity contribution is 5.90. The smallest absolute Gasteiger partial charge is 0.240 e. The Balaban J connectivity index is 2.01. The van der Waals surface area contributed by atoms with Crippen LogP contribution < -0.4 is 0 Å². The molecule has 5 nitrogen and oxygen atoms in total. The van der Waals surface area contributed by atoms with Gasteiger partial charge in [0.25, 0.3) is 0 Å². The number of aliphatic imine (C=N–C) groups is 2. The molecule has 0 aromatic heterocycles. The van der Waals surface area contributed by atoms with E-state index in [9.17, 15) is 9.59 Å². The molecule has 1 unspecified atom stereocenters. The molecule has 0 bridgehead atoms. The van der Waals surface area contributed by atoms with Gasteiger partial charge in [0, 0.05) is 17.7 Å². The molecule has 0 saturated carbocycles. The summed E-state index contributed by atoms with van der Waals surface area (Å²) in [5.74, 6) is 0.0149. The number of allylic oxidation sites excluding steroid dienone is 3. The molecular formula is C33H31N3O2. The van der Waals surface area contributed by atoms with Crippen molar-refractivity contribution in [1.82, 2.24) is 0 Å². The lowest BCUT2D eigenvalue weighted by molar-refractivity contribution is 0.563. The van der Waals surface area contributed by atoms with E-state index in [-0.39, 0.29) is 5.92 Å². The molecule has 0 fully saturated rings. The Morgan fingerprint density at radius 2 is 1.53 bits per heavy atom. The number of hydrogen-bond donors (Lipinski definition) is 1. The van der Waals surface area contributed by atoms with Crippen molar-refractivity contribution in [2.75, 3.05) is 0 Å². The molecular weight excluding hydrogens is 470 g/mol. The Morgan fingerprint density at radius 1 is 0.921 bits per heavy atom. The van der Waals surface area contributed by atoms with Gasteiger partial charge in [-0.25, -0.2) is 9.59 Å². The Morgan fingerprint density at radius 3 is 2.08 bits per heavy atom. The number of nitrogens with one attached hydrogen (secondary N) is 1. The lowest BCUT2D eigenvalue weighted by Crippen LogP contribution is -2.18. The van der Waals surface area contributed by atoms with Crippen molar-refractivity contribution < 1.29 is 9.59 Å². The maximum Gasteiger partial charge on any atom is 0.240 e. The van der Waals surface area contributed by atoms with E-state index < -0.39 is 0 Å². The Hall–Kier alpha value is -4.43. The van der Waals surface area contributed by atoms with E-state index in [4.69, 9.17) is 5.41 Å². The number of hydrogen-bond acceptors (Lipinski definition) is 5. The van der Waals surface area contributed by atoms with E-state index in [1.54, 1.807) is 12.2 Å². The minimum absolute atomic E-state index is 0.0149. The minimum Gasteiger partial charge on any atom is -0.308 e. The highest BCUT2D eigenvalue weighted by atomic mass is 16.1. The predicted molar refractivity (Wildman–Crippen MR) is 152 cm³/mol. The van der Waals surface area contributed by atoms with Crippen molar-refractivity contribution in [3.8, 4) is 0 Å². The average molecular weight is 502 g/mol. The van der Waals surface area contributed by atoms with Crippen LogP contribution in [0.15, 0.2) is 99.1 Å². The fraction of sp³-hybridized carbons (Fsp3) is 0.242. The summed E-state index contributed by atoms with van der Waals surface area (Å²) < 4.78 is 0. The van der Waals surface area contributed by atoms with Crippen molar-refractivity contribution >= 4 is 24.1 Å². The molecule has 5 heteroatoms. The van der Waals surface area contributed by atoms with Gasteiger partial charge < -0.3 is 5.41 Å². The number of carbonyl (C=O) groups excluding carboxylic acids is 2. The van der Waals surface area contributed by atoms with Gasteiger partial charge in [-0.05, 0) is 78.5 Å². The van der Waals surface area contributed by atoms with Crippen molar-refractivity contribution in [2.45, 2.75) is 52.4 Å². The van der Waals surface area contributed by atoms with Gasteiger partial charge >= 0.3 is 0 Å². The molecule has 190 valence electrons. The fourth-order valence-electron chi connectivity index (χ4n) is 5.65. The molecule has 3 aromatic rings. The van der Waals surface area contributed by atoms with E-state index in [2.05, 4.69) is 47.2 Å². The van der Waals surface area contributed by atoms with Crippen LogP contribution in [0.5, 0.6) is 0 Å². The predicted octanol–water partition coefficient (Wildman–Crippen LogP) is 7.60. The molecule has 0 spiro atoms. The van der Waals surface area contributed by atoms with E-state index >= 15 is 0 Å². The SMILES string of the molecule is CCC1=C(Cc2ccccc2)C(c2cc(C)c(N=C=O)c(C=N)c2Cc2ccccc2)CC(C)=C1N=C=O. The van der Waals surface area contributed by atoms with Crippen LogP contribution in [-0.2, 0) is 22.4 Å². The standard InChI is InChI=1S/C33H31N3O2/c1-4-26-29(17-24-11-7-5-8-12-24)27(15-22(2)32(26)35-20-37)28-16-23(3)33(36-21-38)31(19-34)30(28)18-25-13-9-6-10-14-25/h5-14,16,19,27,34H,4,15,17-18H2,1-3H3. The second-order valence-corrected chi connectivity index (χ2v) is 9.64. The van der Waals surface area contributed by atoms with Crippen molar-refractivity contribution in [2.24, 2.45) is 9.98 Å². The first-order chi connectivity index (χ1) is 18.5. The molecule has 1 aliphatic rings. The molecule has 0 heterocycles. The Kier molecular flexibility index (Phi) is 8.55.